The number of nitrogens with one attached hydrogen (secondary N) is 1. The molecule has 108 valence electrons. The van der Waals surface area contributed by atoms with Gasteiger partial charge in [0.05, 0.1) is 15.6 Å². The first-order valence-corrected chi connectivity index (χ1v) is 8.29. The average Bonchev–Trinajstić information content (AvgIpc) is 2.87. The standard InChI is InChI=1S/C17H24N2S/c1-4-5-11-16-19-15(12-18-13(2)3)17(20-16)14-9-7-6-8-10-14/h6-10,13,18H,4-5,11-12H2,1-3H3. The molecule has 0 atom stereocenters. The molecule has 0 radical (unpaired) electrons. The number of rotatable bonds is 7. The van der Waals surface area contributed by atoms with E-state index in [1.54, 1.807) is 0 Å². The van der Waals surface area contributed by atoms with E-state index in [0.29, 0.717) is 6.04 Å². The van der Waals surface area contributed by atoms with Gasteiger partial charge in [-0.2, -0.15) is 0 Å². The monoisotopic (exact) mass is 288 g/mol. The summed E-state index contributed by atoms with van der Waals surface area (Å²) in [6.07, 6.45) is 3.54. The van der Waals surface area contributed by atoms with Gasteiger partial charge in [-0.05, 0) is 18.4 Å². The second kappa shape index (κ2) is 7.55. The van der Waals surface area contributed by atoms with Gasteiger partial charge >= 0.3 is 0 Å². The van der Waals surface area contributed by atoms with Gasteiger partial charge < -0.3 is 5.32 Å². The summed E-state index contributed by atoms with van der Waals surface area (Å²) in [5.41, 5.74) is 2.48. The van der Waals surface area contributed by atoms with Gasteiger partial charge in [-0.1, -0.05) is 57.5 Å². The maximum Gasteiger partial charge on any atom is 0.0935 e. The number of hydrogen-bond acceptors (Lipinski definition) is 3. The highest BCUT2D eigenvalue weighted by atomic mass is 32.1. The van der Waals surface area contributed by atoms with Crippen LogP contribution in [0.5, 0.6) is 0 Å². The summed E-state index contributed by atoms with van der Waals surface area (Å²) in [7, 11) is 0. The van der Waals surface area contributed by atoms with E-state index >= 15 is 0 Å². The molecule has 2 nitrogen and oxygen atoms in total. The lowest BCUT2D eigenvalue weighted by atomic mass is 10.1. The Morgan fingerprint density at radius 3 is 2.60 bits per heavy atom. The van der Waals surface area contributed by atoms with E-state index in [0.717, 1.165) is 13.0 Å². The van der Waals surface area contributed by atoms with Gasteiger partial charge in [0.1, 0.15) is 0 Å². The molecule has 0 aliphatic carbocycles. The van der Waals surface area contributed by atoms with Gasteiger partial charge in [0.15, 0.2) is 0 Å². The van der Waals surface area contributed by atoms with Crippen molar-refractivity contribution in [3.63, 3.8) is 0 Å². The number of hydrogen-bond donors (Lipinski definition) is 1. The Balaban J connectivity index is 2.24. The van der Waals surface area contributed by atoms with Crippen molar-refractivity contribution in [1.29, 1.82) is 0 Å². The van der Waals surface area contributed by atoms with Crippen molar-refractivity contribution in [2.24, 2.45) is 0 Å². The minimum atomic E-state index is 0.486. The molecule has 0 aliphatic heterocycles. The minimum Gasteiger partial charge on any atom is -0.309 e. The van der Waals surface area contributed by atoms with Gasteiger partial charge in [-0.3, -0.25) is 0 Å². The van der Waals surface area contributed by atoms with E-state index in [2.05, 4.69) is 56.4 Å². The van der Waals surface area contributed by atoms with Crippen molar-refractivity contribution in [1.82, 2.24) is 10.3 Å². The molecule has 0 saturated heterocycles. The number of unbranched alkanes of at least 4 members (excludes halogenated alkanes) is 1. The van der Waals surface area contributed by atoms with Crippen LogP contribution in [0, 0.1) is 0 Å². The number of benzene rings is 1. The fraction of sp³-hybridized carbons (Fsp3) is 0.471. The smallest absolute Gasteiger partial charge is 0.0935 e. The molecule has 2 aromatic rings. The summed E-state index contributed by atoms with van der Waals surface area (Å²) in [6, 6.07) is 11.1. The summed E-state index contributed by atoms with van der Waals surface area (Å²) in [5, 5.41) is 4.76. The summed E-state index contributed by atoms with van der Waals surface area (Å²) >= 11 is 1.85. The molecule has 2 rings (SSSR count). The molecule has 20 heavy (non-hydrogen) atoms. The zero-order valence-electron chi connectivity index (χ0n) is 12.6. The molecular formula is C17H24N2S. The van der Waals surface area contributed by atoms with Crippen LogP contribution in [0.3, 0.4) is 0 Å². The predicted octanol–water partition coefficient (Wildman–Crippen LogP) is 4.65. The maximum atomic E-state index is 4.85. The van der Waals surface area contributed by atoms with Crippen LogP contribution in [-0.2, 0) is 13.0 Å². The van der Waals surface area contributed by atoms with E-state index in [1.165, 1.54) is 34.0 Å². The number of thiazole rings is 1. The van der Waals surface area contributed by atoms with Crippen LogP contribution in [0.1, 0.15) is 44.3 Å². The molecule has 1 heterocycles. The summed E-state index contributed by atoms with van der Waals surface area (Å²) in [5.74, 6) is 0. The van der Waals surface area contributed by atoms with Gasteiger partial charge in [-0.15, -0.1) is 11.3 Å². The van der Waals surface area contributed by atoms with Crippen molar-refractivity contribution in [2.75, 3.05) is 0 Å². The molecule has 1 aromatic heterocycles. The van der Waals surface area contributed by atoms with E-state index in [1.807, 2.05) is 11.3 Å². The third kappa shape index (κ3) is 4.15. The van der Waals surface area contributed by atoms with Crippen molar-refractivity contribution in [3.05, 3.63) is 41.0 Å². The average molecular weight is 288 g/mol. The van der Waals surface area contributed by atoms with Crippen LogP contribution < -0.4 is 5.32 Å². The van der Waals surface area contributed by atoms with Crippen molar-refractivity contribution >= 4 is 11.3 Å². The SMILES string of the molecule is CCCCc1nc(CNC(C)C)c(-c2ccccc2)s1. The van der Waals surface area contributed by atoms with Crippen molar-refractivity contribution < 1.29 is 0 Å². The van der Waals surface area contributed by atoms with Gasteiger partial charge in [-0.25, -0.2) is 4.98 Å². The first-order chi connectivity index (χ1) is 9.70. The molecule has 0 bridgehead atoms. The molecule has 0 aliphatic rings. The maximum absolute atomic E-state index is 4.85. The highest BCUT2D eigenvalue weighted by Gasteiger charge is 2.12. The largest absolute Gasteiger partial charge is 0.309 e. The summed E-state index contributed by atoms with van der Waals surface area (Å²) < 4.78 is 0. The van der Waals surface area contributed by atoms with Gasteiger partial charge in [0.2, 0.25) is 0 Å². The zero-order chi connectivity index (χ0) is 14.4. The molecule has 0 spiro atoms. The predicted molar refractivity (Wildman–Crippen MR) is 88.1 cm³/mol. The third-order valence-electron chi connectivity index (χ3n) is 3.20. The normalized spacial score (nSPS) is 11.2. The molecule has 0 amide bonds. The minimum absolute atomic E-state index is 0.486. The summed E-state index contributed by atoms with van der Waals surface area (Å²) in [4.78, 5) is 6.18. The lowest BCUT2D eigenvalue weighted by molar-refractivity contribution is 0.582. The summed E-state index contributed by atoms with van der Waals surface area (Å²) in [6.45, 7) is 7.43. The molecule has 3 heteroatoms. The van der Waals surface area contributed by atoms with E-state index < -0.39 is 0 Å². The van der Waals surface area contributed by atoms with Gasteiger partial charge in [0.25, 0.3) is 0 Å². The molecule has 1 N–H and O–H groups in total. The Hall–Kier alpha value is -1.19. The molecule has 0 saturated carbocycles. The van der Waals surface area contributed by atoms with Crippen LogP contribution >= 0.6 is 11.3 Å². The third-order valence-corrected chi connectivity index (χ3v) is 4.41. The van der Waals surface area contributed by atoms with Crippen LogP contribution in [-0.4, -0.2) is 11.0 Å². The Kier molecular flexibility index (Phi) is 5.74. The Morgan fingerprint density at radius 1 is 1.20 bits per heavy atom. The van der Waals surface area contributed by atoms with Crippen molar-refractivity contribution in [3.8, 4) is 10.4 Å². The fourth-order valence-corrected chi connectivity index (χ4v) is 3.20. The van der Waals surface area contributed by atoms with Crippen molar-refractivity contribution in [2.45, 2.75) is 52.6 Å². The van der Waals surface area contributed by atoms with E-state index in [-0.39, 0.29) is 0 Å². The quantitative estimate of drug-likeness (QED) is 0.802. The van der Waals surface area contributed by atoms with Gasteiger partial charge in [0, 0.05) is 12.6 Å². The first-order valence-electron chi connectivity index (χ1n) is 7.48. The first kappa shape index (κ1) is 15.2. The second-order valence-corrected chi connectivity index (χ2v) is 6.47. The molecule has 0 unspecified atom stereocenters. The lowest BCUT2D eigenvalue weighted by Gasteiger charge is -2.07. The van der Waals surface area contributed by atoms with Crippen LogP contribution in [0.25, 0.3) is 10.4 Å². The van der Waals surface area contributed by atoms with Crippen LogP contribution in [0.15, 0.2) is 30.3 Å². The second-order valence-electron chi connectivity index (χ2n) is 5.39. The highest BCUT2D eigenvalue weighted by molar-refractivity contribution is 7.15. The van der Waals surface area contributed by atoms with E-state index in [9.17, 15) is 0 Å². The Labute approximate surface area is 126 Å². The Morgan fingerprint density at radius 2 is 1.95 bits per heavy atom. The van der Waals surface area contributed by atoms with E-state index in [4.69, 9.17) is 4.98 Å². The molecule has 1 aromatic carbocycles. The van der Waals surface area contributed by atoms with Crippen LogP contribution in [0.2, 0.25) is 0 Å². The number of aryl methyl sites for hydroxylation is 1. The number of aromatic nitrogens is 1. The lowest BCUT2D eigenvalue weighted by Crippen LogP contribution is -2.22. The molecular weight excluding hydrogens is 264 g/mol. The van der Waals surface area contributed by atoms with Crippen LogP contribution in [0.4, 0.5) is 0 Å². The fourth-order valence-electron chi connectivity index (χ4n) is 2.07. The number of nitrogens with zero attached hydrogens (tertiary/aromatic N) is 1. The molecule has 0 fully saturated rings. The Bertz CT molecular complexity index is 517. The highest BCUT2D eigenvalue weighted by Crippen LogP contribution is 2.31. The topological polar surface area (TPSA) is 24.9 Å². The zero-order valence-corrected chi connectivity index (χ0v) is 13.5.